The van der Waals surface area contributed by atoms with Crippen LogP contribution in [0.15, 0.2) is 30.3 Å². The van der Waals surface area contributed by atoms with Crippen molar-refractivity contribution in [1.82, 2.24) is 9.55 Å². The van der Waals surface area contributed by atoms with Crippen molar-refractivity contribution >= 4 is 39.2 Å². The lowest BCUT2D eigenvalue weighted by molar-refractivity contribution is -0.137. The highest BCUT2D eigenvalue weighted by Crippen LogP contribution is 2.41. The number of thiazole rings is 1. The predicted octanol–water partition coefficient (Wildman–Crippen LogP) is 7.56. The first-order valence-electron chi connectivity index (χ1n) is 14.5. The van der Waals surface area contributed by atoms with E-state index in [-0.39, 0.29) is 12.2 Å². The van der Waals surface area contributed by atoms with Crippen LogP contribution in [-0.2, 0) is 17.8 Å². The third-order valence-electron chi connectivity index (χ3n) is 8.44. The average Bonchev–Trinajstić information content (AvgIpc) is 3.52. The van der Waals surface area contributed by atoms with Crippen LogP contribution in [0, 0.1) is 26.7 Å². The number of amides is 1. The van der Waals surface area contributed by atoms with Crippen molar-refractivity contribution in [3.8, 4) is 22.8 Å². The van der Waals surface area contributed by atoms with Crippen molar-refractivity contribution in [2.45, 2.75) is 72.3 Å². The maximum atomic E-state index is 13.7. The first-order chi connectivity index (χ1) is 20.2. The molecule has 0 saturated heterocycles. The molecule has 1 aliphatic rings. The van der Waals surface area contributed by atoms with E-state index in [0.29, 0.717) is 16.8 Å². The maximum Gasteiger partial charge on any atom is 0.323 e. The van der Waals surface area contributed by atoms with Crippen LogP contribution in [0.25, 0.3) is 22.2 Å². The Morgan fingerprint density at radius 3 is 2.38 bits per heavy atom. The number of carboxylic acid groups (broad SMARTS) is 1. The summed E-state index contributed by atoms with van der Waals surface area (Å²) in [7, 11) is 3.29. The molecule has 2 aromatic heterocycles. The van der Waals surface area contributed by atoms with Gasteiger partial charge in [-0.05, 0) is 86.6 Å². The molecule has 2 N–H and O–H groups in total. The molecule has 8 nitrogen and oxygen atoms in total. The number of hydrogen-bond acceptors (Lipinski definition) is 6. The van der Waals surface area contributed by atoms with E-state index in [1.807, 2.05) is 45.0 Å². The molecule has 0 atom stereocenters. The maximum absolute atomic E-state index is 13.7. The average molecular weight is 590 g/mol. The van der Waals surface area contributed by atoms with Gasteiger partial charge in [-0.25, -0.2) is 4.98 Å². The van der Waals surface area contributed by atoms with Gasteiger partial charge < -0.3 is 19.1 Å². The molecule has 1 fully saturated rings. The molecule has 4 aromatic rings. The van der Waals surface area contributed by atoms with Gasteiger partial charge in [0.25, 0.3) is 5.91 Å². The van der Waals surface area contributed by atoms with Crippen molar-refractivity contribution in [2.75, 3.05) is 19.5 Å². The van der Waals surface area contributed by atoms with Gasteiger partial charge >= 0.3 is 5.97 Å². The van der Waals surface area contributed by atoms with Gasteiger partial charge in [0, 0.05) is 21.3 Å². The lowest BCUT2D eigenvalue weighted by Crippen LogP contribution is -2.19. The Bertz CT molecular complexity index is 1630. The van der Waals surface area contributed by atoms with Crippen molar-refractivity contribution < 1.29 is 24.2 Å². The van der Waals surface area contributed by atoms with E-state index in [0.717, 1.165) is 62.3 Å². The zero-order valence-electron chi connectivity index (χ0n) is 25.0. The van der Waals surface area contributed by atoms with Crippen LogP contribution >= 0.6 is 11.3 Å². The summed E-state index contributed by atoms with van der Waals surface area (Å²) < 4.78 is 12.9. The lowest BCUT2D eigenvalue weighted by atomic mass is 9.86. The van der Waals surface area contributed by atoms with Gasteiger partial charge in [-0.3, -0.25) is 14.9 Å². The Kier molecular flexibility index (Phi) is 8.87. The monoisotopic (exact) mass is 589 g/mol. The highest BCUT2D eigenvalue weighted by molar-refractivity contribution is 7.16. The molecule has 1 amide bonds. The minimum Gasteiger partial charge on any atom is -0.496 e. The summed E-state index contributed by atoms with van der Waals surface area (Å²) in [6, 6.07) is 9.58. The second kappa shape index (κ2) is 12.6. The largest absolute Gasteiger partial charge is 0.496 e. The molecule has 5 rings (SSSR count). The van der Waals surface area contributed by atoms with Gasteiger partial charge in [-0.2, -0.15) is 0 Å². The molecule has 0 bridgehead atoms. The number of rotatable bonds is 10. The molecule has 1 aliphatic carbocycles. The number of carboxylic acids is 1. The summed E-state index contributed by atoms with van der Waals surface area (Å²) in [5, 5.41) is 13.9. The minimum absolute atomic E-state index is 0.285. The second-order valence-corrected chi connectivity index (χ2v) is 12.4. The van der Waals surface area contributed by atoms with Crippen LogP contribution in [0.3, 0.4) is 0 Å². The first-order valence-corrected chi connectivity index (χ1v) is 15.4. The molecule has 0 aliphatic heterocycles. The van der Waals surface area contributed by atoms with Gasteiger partial charge in [-0.1, -0.05) is 32.1 Å². The fraction of sp³-hybridized carbons (Fsp3) is 0.424. The van der Waals surface area contributed by atoms with Crippen molar-refractivity contribution in [2.24, 2.45) is 5.92 Å². The minimum atomic E-state index is -1.01. The van der Waals surface area contributed by atoms with Crippen LogP contribution in [0.4, 0.5) is 5.13 Å². The van der Waals surface area contributed by atoms with Gasteiger partial charge in [-0.15, -0.1) is 11.3 Å². The topological polar surface area (TPSA) is 103 Å². The van der Waals surface area contributed by atoms with Gasteiger partial charge in [0.05, 0.1) is 19.9 Å². The van der Waals surface area contributed by atoms with E-state index in [9.17, 15) is 14.7 Å². The second-order valence-electron chi connectivity index (χ2n) is 11.3. The number of nitrogens with one attached hydrogen (secondary N) is 1. The Morgan fingerprint density at radius 1 is 0.976 bits per heavy atom. The number of aromatic nitrogens is 2. The summed E-state index contributed by atoms with van der Waals surface area (Å²) in [4.78, 5) is 31.4. The molecule has 0 spiro atoms. The molecule has 222 valence electrons. The lowest BCUT2D eigenvalue weighted by Gasteiger charge is -2.21. The molecule has 1 saturated carbocycles. The third kappa shape index (κ3) is 6.16. The molecular formula is C33H39N3O5S. The van der Waals surface area contributed by atoms with E-state index in [1.165, 1.54) is 43.4 Å². The molecular weight excluding hydrogens is 550 g/mol. The molecule has 2 aromatic carbocycles. The van der Waals surface area contributed by atoms with Crippen LogP contribution in [-0.4, -0.2) is 40.8 Å². The van der Waals surface area contributed by atoms with Crippen molar-refractivity contribution in [3.05, 3.63) is 57.6 Å². The SMILES string of the molecule is COc1cc(-c2nc(NC(=O)c3cc4cc(C)c(C)cc4n3CC(=O)O)sc2CCC2CCCCC2)c(OC)cc1C. The smallest absolute Gasteiger partial charge is 0.323 e. The fourth-order valence-corrected chi connectivity index (χ4v) is 7.00. The van der Waals surface area contributed by atoms with E-state index < -0.39 is 11.9 Å². The normalized spacial score (nSPS) is 13.8. The van der Waals surface area contributed by atoms with E-state index in [2.05, 4.69) is 5.32 Å². The highest BCUT2D eigenvalue weighted by Gasteiger charge is 2.24. The summed E-state index contributed by atoms with van der Waals surface area (Å²) in [5.74, 6) is 0.728. The quantitative estimate of drug-likeness (QED) is 0.198. The number of carbonyl (C=O) groups is 2. The number of fused-ring (bicyclic) bond motifs is 1. The van der Waals surface area contributed by atoms with E-state index >= 15 is 0 Å². The number of aliphatic carboxylic acids is 1. The Morgan fingerprint density at radius 2 is 1.69 bits per heavy atom. The summed E-state index contributed by atoms with van der Waals surface area (Å²) in [6.45, 7) is 5.64. The fourth-order valence-electron chi connectivity index (χ4n) is 6.01. The molecule has 9 heteroatoms. The van der Waals surface area contributed by atoms with E-state index in [1.54, 1.807) is 24.9 Å². The van der Waals surface area contributed by atoms with Crippen LogP contribution in [0.2, 0.25) is 0 Å². The van der Waals surface area contributed by atoms with Crippen LogP contribution in [0.5, 0.6) is 11.5 Å². The number of aryl methyl sites for hydroxylation is 4. The number of benzene rings is 2. The number of methoxy groups -OCH3 is 2. The summed E-state index contributed by atoms with van der Waals surface area (Å²) in [5.41, 5.74) is 5.68. The molecule has 42 heavy (non-hydrogen) atoms. The number of hydrogen-bond donors (Lipinski definition) is 2. The third-order valence-corrected chi connectivity index (χ3v) is 9.47. The summed E-state index contributed by atoms with van der Waals surface area (Å²) >= 11 is 1.47. The first kappa shape index (κ1) is 29.6. The zero-order valence-corrected chi connectivity index (χ0v) is 25.8. The zero-order chi connectivity index (χ0) is 30.0. The van der Waals surface area contributed by atoms with Gasteiger partial charge in [0.15, 0.2) is 5.13 Å². The predicted molar refractivity (Wildman–Crippen MR) is 167 cm³/mol. The Labute approximate surface area is 250 Å². The summed E-state index contributed by atoms with van der Waals surface area (Å²) in [6.07, 6.45) is 8.32. The number of nitrogens with zero attached hydrogens (tertiary/aromatic N) is 2. The number of carbonyl (C=O) groups excluding carboxylic acids is 1. The number of ether oxygens (including phenoxy) is 2. The van der Waals surface area contributed by atoms with Crippen LogP contribution < -0.4 is 14.8 Å². The Balaban J connectivity index is 1.52. The van der Waals surface area contributed by atoms with Gasteiger partial charge in [0.1, 0.15) is 23.7 Å². The van der Waals surface area contributed by atoms with Crippen LogP contribution in [0.1, 0.15) is 70.6 Å². The molecule has 0 radical (unpaired) electrons. The van der Waals surface area contributed by atoms with Crippen molar-refractivity contribution in [1.29, 1.82) is 0 Å². The van der Waals surface area contributed by atoms with Gasteiger partial charge in [0.2, 0.25) is 0 Å². The standard InChI is InChI=1S/C33H39N3O5S/c1-19-13-23-16-26(36(18-30(37)38)25(23)14-20(19)2)32(39)35-33-34-31(24-17-27(40-4)21(3)15-28(24)41-5)29(42-33)12-11-22-9-7-6-8-10-22/h13-17,22H,6-12,18H2,1-5H3,(H,37,38)(H,34,35,39). The highest BCUT2D eigenvalue weighted by atomic mass is 32.1. The molecule has 0 unspecified atom stereocenters. The Hall–Kier alpha value is -3.85. The molecule has 2 heterocycles. The van der Waals surface area contributed by atoms with Crippen molar-refractivity contribution in [3.63, 3.8) is 0 Å². The number of anilines is 1. The van der Waals surface area contributed by atoms with E-state index in [4.69, 9.17) is 14.5 Å².